The molecule has 0 amide bonds. The summed E-state index contributed by atoms with van der Waals surface area (Å²) >= 11 is 0. The average molecular weight is 389 g/mol. The number of aromatic nitrogens is 5. The first-order valence-corrected chi connectivity index (χ1v) is 9.89. The van der Waals surface area contributed by atoms with Gasteiger partial charge in [-0.05, 0) is 31.5 Å². The van der Waals surface area contributed by atoms with Gasteiger partial charge in [0.05, 0.1) is 24.6 Å². The number of aryl methyl sites for hydroxylation is 1. The van der Waals surface area contributed by atoms with Crippen LogP contribution in [0.15, 0.2) is 36.8 Å². The molecule has 8 nitrogen and oxygen atoms in total. The van der Waals surface area contributed by atoms with Gasteiger partial charge in [-0.1, -0.05) is 6.92 Å². The molecule has 1 saturated heterocycles. The van der Waals surface area contributed by atoms with E-state index in [0.717, 1.165) is 59.5 Å². The van der Waals surface area contributed by atoms with Gasteiger partial charge in [0.25, 0.3) is 0 Å². The summed E-state index contributed by atoms with van der Waals surface area (Å²) in [5, 5.41) is 6.70. The van der Waals surface area contributed by atoms with Crippen LogP contribution in [0.25, 0.3) is 27.8 Å². The molecule has 2 N–H and O–H groups in total. The highest BCUT2D eigenvalue weighted by atomic mass is 16.5. The van der Waals surface area contributed by atoms with Crippen molar-refractivity contribution in [3.05, 3.63) is 42.5 Å². The third kappa shape index (κ3) is 3.15. The van der Waals surface area contributed by atoms with E-state index in [-0.39, 0.29) is 6.10 Å². The Morgan fingerprint density at radius 3 is 2.93 bits per heavy atom. The molecule has 29 heavy (non-hydrogen) atoms. The first-order chi connectivity index (χ1) is 14.1. The second kappa shape index (κ2) is 6.97. The number of pyridine rings is 3. The van der Waals surface area contributed by atoms with E-state index in [1.807, 2.05) is 29.0 Å². The van der Waals surface area contributed by atoms with E-state index in [0.29, 0.717) is 11.6 Å². The number of rotatable bonds is 3. The smallest absolute Gasteiger partial charge is 0.184 e. The van der Waals surface area contributed by atoms with Gasteiger partial charge < -0.3 is 15.4 Å². The zero-order chi connectivity index (χ0) is 20.0. The van der Waals surface area contributed by atoms with Crippen LogP contribution in [0.1, 0.15) is 19.5 Å². The van der Waals surface area contributed by atoms with Gasteiger partial charge in [-0.2, -0.15) is 0 Å². The molecular weight excluding hydrogens is 366 g/mol. The molecule has 5 heterocycles. The van der Waals surface area contributed by atoms with Crippen molar-refractivity contribution in [1.29, 1.82) is 0 Å². The summed E-state index contributed by atoms with van der Waals surface area (Å²) in [5.74, 6) is 1.10. The number of morpholine rings is 1. The minimum absolute atomic E-state index is 0.222. The molecule has 0 spiro atoms. The summed E-state index contributed by atoms with van der Waals surface area (Å²) in [5.41, 5.74) is 9.71. The van der Waals surface area contributed by atoms with Gasteiger partial charge in [-0.15, -0.1) is 5.10 Å². The van der Waals surface area contributed by atoms with Gasteiger partial charge >= 0.3 is 0 Å². The van der Waals surface area contributed by atoms with E-state index in [1.54, 1.807) is 6.20 Å². The van der Waals surface area contributed by atoms with Crippen LogP contribution in [0.2, 0.25) is 0 Å². The number of hydrogen-bond acceptors (Lipinski definition) is 7. The molecule has 0 aliphatic carbocycles. The molecule has 8 heteroatoms. The molecule has 0 bridgehead atoms. The third-order valence-electron chi connectivity index (χ3n) is 5.37. The van der Waals surface area contributed by atoms with Crippen LogP contribution in [-0.2, 0) is 11.2 Å². The Hall–Kier alpha value is -3.26. The maximum atomic E-state index is 5.96. The number of nitrogen functional groups attached to an aromatic ring is 1. The van der Waals surface area contributed by atoms with E-state index in [4.69, 9.17) is 20.6 Å². The Balaban J connectivity index is 1.60. The van der Waals surface area contributed by atoms with E-state index in [1.165, 1.54) is 0 Å². The third-order valence-corrected chi connectivity index (χ3v) is 5.37. The van der Waals surface area contributed by atoms with E-state index >= 15 is 0 Å². The summed E-state index contributed by atoms with van der Waals surface area (Å²) in [6.07, 6.45) is 6.69. The zero-order valence-corrected chi connectivity index (χ0v) is 16.5. The Kier molecular flexibility index (Phi) is 4.28. The van der Waals surface area contributed by atoms with E-state index in [2.05, 4.69) is 34.8 Å². The maximum absolute atomic E-state index is 5.96. The first-order valence-electron chi connectivity index (χ1n) is 9.89. The molecule has 4 aromatic heterocycles. The lowest BCUT2D eigenvalue weighted by Gasteiger charge is -2.32. The molecule has 1 atom stereocenters. The van der Waals surface area contributed by atoms with Gasteiger partial charge in [0.15, 0.2) is 11.5 Å². The lowest BCUT2D eigenvalue weighted by atomic mass is 10.1. The second-order valence-electron chi connectivity index (χ2n) is 7.38. The first kappa shape index (κ1) is 17.8. The fraction of sp³-hybridized carbons (Fsp3) is 0.333. The predicted octanol–water partition coefficient (Wildman–Crippen LogP) is 2.71. The van der Waals surface area contributed by atoms with E-state index in [9.17, 15) is 0 Å². The van der Waals surface area contributed by atoms with Gasteiger partial charge in [-0.25, -0.2) is 14.5 Å². The van der Waals surface area contributed by atoms with Crippen LogP contribution in [0, 0.1) is 0 Å². The molecule has 5 rings (SSSR count). The lowest BCUT2D eigenvalue weighted by molar-refractivity contribution is 0.0532. The number of fused-ring (bicyclic) bond motifs is 2. The molecule has 0 saturated carbocycles. The summed E-state index contributed by atoms with van der Waals surface area (Å²) in [7, 11) is 0. The van der Waals surface area contributed by atoms with Crippen molar-refractivity contribution in [3.63, 3.8) is 0 Å². The quantitative estimate of drug-likeness (QED) is 0.576. The number of nitrogens with zero attached hydrogens (tertiary/aromatic N) is 6. The highest BCUT2D eigenvalue weighted by Crippen LogP contribution is 2.29. The SMILES string of the molecule is CCc1ncc(-c2nc3ccc(N4CCO[C@H](C)C4)cn3n2)c2cc(N)ncc12. The monoisotopic (exact) mass is 389 g/mol. The largest absolute Gasteiger partial charge is 0.384 e. The molecule has 0 aromatic carbocycles. The molecule has 4 aromatic rings. The molecule has 1 fully saturated rings. The van der Waals surface area contributed by atoms with Crippen molar-refractivity contribution < 1.29 is 4.74 Å². The summed E-state index contributed by atoms with van der Waals surface area (Å²) < 4.78 is 7.48. The van der Waals surface area contributed by atoms with Crippen molar-refractivity contribution in [1.82, 2.24) is 24.6 Å². The van der Waals surface area contributed by atoms with Crippen molar-refractivity contribution in [3.8, 4) is 11.4 Å². The van der Waals surface area contributed by atoms with Crippen molar-refractivity contribution >= 4 is 27.9 Å². The van der Waals surface area contributed by atoms with Crippen molar-refractivity contribution in [2.75, 3.05) is 30.3 Å². The minimum Gasteiger partial charge on any atom is -0.384 e. The van der Waals surface area contributed by atoms with Crippen LogP contribution in [0.4, 0.5) is 11.5 Å². The van der Waals surface area contributed by atoms with Gasteiger partial charge in [0.1, 0.15) is 5.82 Å². The van der Waals surface area contributed by atoms with Crippen LogP contribution < -0.4 is 10.6 Å². The van der Waals surface area contributed by atoms with Gasteiger partial charge in [0.2, 0.25) is 0 Å². The highest BCUT2D eigenvalue weighted by molar-refractivity contribution is 5.96. The van der Waals surface area contributed by atoms with E-state index < -0.39 is 0 Å². The summed E-state index contributed by atoms with van der Waals surface area (Å²) in [4.78, 5) is 15.9. The number of nitrogens with two attached hydrogens (primary N) is 1. The van der Waals surface area contributed by atoms with Crippen molar-refractivity contribution in [2.45, 2.75) is 26.4 Å². The molecule has 1 aliphatic rings. The fourth-order valence-electron chi connectivity index (χ4n) is 3.89. The minimum atomic E-state index is 0.222. The summed E-state index contributed by atoms with van der Waals surface area (Å²) in [6, 6.07) is 5.96. The number of anilines is 2. The summed E-state index contributed by atoms with van der Waals surface area (Å²) in [6.45, 7) is 6.65. The lowest BCUT2D eigenvalue weighted by Crippen LogP contribution is -2.41. The molecule has 0 unspecified atom stereocenters. The fourth-order valence-corrected chi connectivity index (χ4v) is 3.89. The second-order valence-corrected chi connectivity index (χ2v) is 7.38. The van der Waals surface area contributed by atoms with Gasteiger partial charge in [0, 0.05) is 47.5 Å². The highest BCUT2D eigenvalue weighted by Gasteiger charge is 2.19. The van der Waals surface area contributed by atoms with Gasteiger partial charge in [-0.3, -0.25) is 4.98 Å². The zero-order valence-electron chi connectivity index (χ0n) is 16.5. The predicted molar refractivity (Wildman–Crippen MR) is 113 cm³/mol. The van der Waals surface area contributed by atoms with Crippen LogP contribution in [0.5, 0.6) is 0 Å². The molecule has 1 aliphatic heterocycles. The molecule has 148 valence electrons. The van der Waals surface area contributed by atoms with Crippen LogP contribution in [0.3, 0.4) is 0 Å². The normalized spacial score (nSPS) is 17.3. The molecular formula is C21H23N7O. The topological polar surface area (TPSA) is 94.5 Å². The average Bonchev–Trinajstić information content (AvgIpc) is 3.15. The Morgan fingerprint density at radius 1 is 1.21 bits per heavy atom. The van der Waals surface area contributed by atoms with Crippen LogP contribution in [-0.4, -0.2) is 50.4 Å². The Morgan fingerprint density at radius 2 is 2.10 bits per heavy atom. The standard InChI is InChI=1S/C21H23N7O/c1-3-18-16-9-24-19(22)8-15(16)17(10-23-18)21-25-20-5-4-14(12-28(20)26-21)27-6-7-29-13(2)11-27/h4-5,8-10,12-13H,3,6-7,11H2,1-2H3,(H2,22,24)/t13-/m1/s1. The Bertz CT molecular complexity index is 1200. The Labute approximate surface area is 168 Å². The number of hydrogen-bond donors (Lipinski definition) is 1. The molecule has 0 radical (unpaired) electrons. The maximum Gasteiger partial charge on any atom is 0.184 e. The number of ether oxygens (including phenoxy) is 1. The van der Waals surface area contributed by atoms with Crippen molar-refractivity contribution in [2.24, 2.45) is 0 Å². The van der Waals surface area contributed by atoms with Crippen LogP contribution >= 0.6 is 0 Å².